The predicted molar refractivity (Wildman–Crippen MR) is 62.5 cm³/mol. The molecule has 0 saturated carbocycles. The minimum absolute atomic E-state index is 0.189. The van der Waals surface area contributed by atoms with Gasteiger partial charge in [0.05, 0.1) is 0 Å². The summed E-state index contributed by atoms with van der Waals surface area (Å²) in [6.45, 7) is 4.26. The van der Waals surface area contributed by atoms with Crippen LogP contribution < -0.4 is 0 Å². The molecule has 2 unspecified atom stereocenters. The Labute approximate surface area is 96.1 Å². The Morgan fingerprint density at radius 3 is 2.50 bits per heavy atom. The lowest BCUT2D eigenvalue weighted by Gasteiger charge is -2.17. The zero-order chi connectivity index (χ0) is 12.0. The fourth-order valence-electron chi connectivity index (χ4n) is 1.68. The van der Waals surface area contributed by atoms with Crippen molar-refractivity contribution < 1.29 is 14.6 Å². The van der Waals surface area contributed by atoms with E-state index in [9.17, 15) is 4.79 Å². The van der Waals surface area contributed by atoms with Crippen LogP contribution in [-0.2, 0) is 9.53 Å². The lowest BCUT2D eigenvalue weighted by atomic mass is 9.95. The minimum Gasteiger partial charge on any atom is -0.479 e. The van der Waals surface area contributed by atoms with Crippen LogP contribution in [0.5, 0.6) is 0 Å². The van der Waals surface area contributed by atoms with Crippen molar-refractivity contribution in [1.82, 2.24) is 0 Å². The van der Waals surface area contributed by atoms with Crippen LogP contribution in [0.3, 0.4) is 0 Å². The molecule has 3 nitrogen and oxygen atoms in total. The Bertz CT molecular complexity index is 321. The second-order valence-electron chi connectivity index (χ2n) is 3.83. The van der Waals surface area contributed by atoms with Crippen LogP contribution in [0.4, 0.5) is 0 Å². The van der Waals surface area contributed by atoms with E-state index in [-0.39, 0.29) is 5.92 Å². The molecule has 1 N–H and O–H groups in total. The molecule has 16 heavy (non-hydrogen) atoms. The maximum Gasteiger partial charge on any atom is 0.332 e. The average Bonchev–Trinajstić information content (AvgIpc) is 2.29. The summed E-state index contributed by atoms with van der Waals surface area (Å²) in [7, 11) is 0. The molecule has 0 aromatic heterocycles. The SMILES string of the molecule is CCOC(CC(C)c1ccccc1)C(=O)O. The number of carbonyl (C=O) groups is 1. The summed E-state index contributed by atoms with van der Waals surface area (Å²) >= 11 is 0. The highest BCUT2D eigenvalue weighted by molar-refractivity contribution is 5.72. The summed E-state index contributed by atoms with van der Waals surface area (Å²) in [4.78, 5) is 10.9. The quantitative estimate of drug-likeness (QED) is 0.805. The first-order valence-corrected chi connectivity index (χ1v) is 5.54. The molecule has 1 aromatic carbocycles. The second-order valence-corrected chi connectivity index (χ2v) is 3.83. The van der Waals surface area contributed by atoms with Gasteiger partial charge < -0.3 is 9.84 Å². The van der Waals surface area contributed by atoms with Crippen molar-refractivity contribution in [3.63, 3.8) is 0 Å². The fourth-order valence-corrected chi connectivity index (χ4v) is 1.68. The molecule has 1 rings (SSSR count). The number of ether oxygens (including phenoxy) is 1. The minimum atomic E-state index is -0.885. The molecule has 0 fully saturated rings. The molecule has 2 atom stereocenters. The standard InChI is InChI=1S/C13H18O3/c1-3-16-12(13(14)15)9-10(2)11-7-5-4-6-8-11/h4-8,10,12H,3,9H2,1-2H3,(H,14,15). The van der Waals surface area contributed by atoms with Gasteiger partial charge in [-0.05, 0) is 24.8 Å². The van der Waals surface area contributed by atoms with Gasteiger partial charge in [-0.1, -0.05) is 37.3 Å². The largest absolute Gasteiger partial charge is 0.479 e. The Hall–Kier alpha value is -1.35. The van der Waals surface area contributed by atoms with Crippen molar-refractivity contribution >= 4 is 5.97 Å². The van der Waals surface area contributed by atoms with E-state index in [4.69, 9.17) is 9.84 Å². The third kappa shape index (κ3) is 3.66. The van der Waals surface area contributed by atoms with Gasteiger partial charge in [0.1, 0.15) is 0 Å². The molecule has 0 radical (unpaired) electrons. The van der Waals surface area contributed by atoms with Gasteiger partial charge in [-0.2, -0.15) is 0 Å². The third-order valence-corrected chi connectivity index (χ3v) is 2.58. The smallest absolute Gasteiger partial charge is 0.332 e. The molecule has 0 heterocycles. The summed E-state index contributed by atoms with van der Waals surface area (Å²) in [6.07, 6.45) is -0.201. The number of carboxylic acid groups (broad SMARTS) is 1. The molecule has 0 aliphatic carbocycles. The summed E-state index contributed by atoms with van der Waals surface area (Å²) < 4.78 is 5.20. The average molecular weight is 222 g/mol. The molecular formula is C13H18O3. The van der Waals surface area contributed by atoms with E-state index in [1.54, 1.807) is 0 Å². The summed E-state index contributed by atoms with van der Waals surface area (Å²) in [5, 5.41) is 8.98. The number of benzene rings is 1. The summed E-state index contributed by atoms with van der Waals surface area (Å²) in [6, 6.07) is 9.89. The molecule has 3 heteroatoms. The van der Waals surface area contributed by atoms with Gasteiger partial charge in [0.25, 0.3) is 0 Å². The molecule has 0 aliphatic heterocycles. The van der Waals surface area contributed by atoms with Crippen LogP contribution in [0.1, 0.15) is 31.7 Å². The van der Waals surface area contributed by atoms with Gasteiger partial charge in [-0.3, -0.25) is 0 Å². The molecule has 1 aromatic rings. The van der Waals surface area contributed by atoms with E-state index in [0.29, 0.717) is 13.0 Å². The first-order valence-electron chi connectivity index (χ1n) is 5.54. The highest BCUT2D eigenvalue weighted by Gasteiger charge is 2.21. The number of hydrogen-bond donors (Lipinski definition) is 1. The molecule has 0 aliphatic rings. The fraction of sp³-hybridized carbons (Fsp3) is 0.462. The maximum atomic E-state index is 10.9. The van der Waals surface area contributed by atoms with Crippen molar-refractivity contribution in [2.75, 3.05) is 6.61 Å². The van der Waals surface area contributed by atoms with Gasteiger partial charge in [0, 0.05) is 6.61 Å². The van der Waals surface area contributed by atoms with Crippen molar-refractivity contribution in [1.29, 1.82) is 0 Å². The zero-order valence-corrected chi connectivity index (χ0v) is 9.72. The lowest BCUT2D eigenvalue weighted by Crippen LogP contribution is -2.25. The maximum absolute atomic E-state index is 10.9. The Morgan fingerprint density at radius 1 is 1.38 bits per heavy atom. The van der Waals surface area contributed by atoms with E-state index in [2.05, 4.69) is 0 Å². The lowest BCUT2D eigenvalue weighted by molar-refractivity contribution is -0.150. The second kappa shape index (κ2) is 6.28. The van der Waals surface area contributed by atoms with E-state index in [0.717, 1.165) is 5.56 Å². The van der Waals surface area contributed by atoms with Crippen molar-refractivity contribution in [2.24, 2.45) is 0 Å². The monoisotopic (exact) mass is 222 g/mol. The van der Waals surface area contributed by atoms with E-state index < -0.39 is 12.1 Å². The Kier molecular flexibility index (Phi) is 4.99. The topological polar surface area (TPSA) is 46.5 Å². The number of carboxylic acids is 1. The number of rotatable bonds is 6. The predicted octanol–water partition coefficient (Wildman–Crippen LogP) is 2.67. The van der Waals surface area contributed by atoms with Crippen LogP contribution in [-0.4, -0.2) is 23.8 Å². The molecule has 0 bridgehead atoms. The van der Waals surface area contributed by atoms with Crippen molar-refractivity contribution in [3.05, 3.63) is 35.9 Å². The summed E-state index contributed by atoms with van der Waals surface area (Å²) in [5.41, 5.74) is 1.15. The first kappa shape index (κ1) is 12.7. The Balaban J connectivity index is 2.61. The molecule has 0 saturated heterocycles. The number of aliphatic carboxylic acids is 1. The van der Waals surface area contributed by atoms with Crippen molar-refractivity contribution in [2.45, 2.75) is 32.3 Å². The molecular weight excluding hydrogens is 204 g/mol. The molecule has 0 amide bonds. The van der Waals surface area contributed by atoms with Gasteiger partial charge in [-0.25, -0.2) is 4.79 Å². The number of hydrogen-bond acceptors (Lipinski definition) is 2. The van der Waals surface area contributed by atoms with Crippen LogP contribution in [0.15, 0.2) is 30.3 Å². The highest BCUT2D eigenvalue weighted by atomic mass is 16.5. The van der Waals surface area contributed by atoms with Gasteiger partial charge in [-0.15, -0.1) is 0 Å². The van der Waals surface area contributed by atoms with Gasteiger partial charge in [0.2, 0.25) is 0 Å². The highest BCUT2D eigenvalue weighted by Crippen LogP contribution is 2.21. The van der Waals surface area contributed by atoms with Crippen LogP contribution in [0.2, 0.25) is 0 Å². The van der Waals surface area contributed by atoms with Crippen LogP contribution in [0.25, 0.3) is 0 Å². The normalized spacial score (nSPS) is 14.4. The van der Waals surface area contributed by atoms with Gasteiger partial charge in [0.15, 0.2) is 6.10 Å². The van der Waals surface area contributed by atoms with E-state index in [1.807, 2.05) is 44.2 Å². The first-order chi connectivity index (χ1) is 7.65. The van der Waals surface area contributed by atoms with Crippen LogP contribution in [0, 0.1) is 0 Å². The van der Waals surface area contributed by atoms with Crippen LogP contribution >= 0.6 is 0 Å². The van der Waals surface area contributed by atoms with Crippen molar-refractivity contribution in [3.8, 4) is 0 Å². The third-order valence-electron chi connectivity index (χ3n) is 2.58. The Morgan fingerprint density at radius 2 is 2.00 bits per heavy atom. The van der Waals surface area contributed by atoms with E-state index >= 15 is 0 Å². The molecule has 88 valence electrons. The molecule has 0 spiro atoms. The van der Waals surface area contributed by atoms with Gasteiger partial charge >= 0.3 is 5.97 Å². The zero-order valence-electron chi connectivity index (χ0n) is 9.72. The summed E-state index contributed by atoms with van der Waals surface area (Å²) in [5.74, 6) is -0.696. The van der Waals surface area contributed by atoms with E-state index in [1.165, 1.54) is 0 Å².